The fraction of sp³-hybridized carbons (Fsp3) is 0.915. The van der Waals surface area contributed by atoms with Crippen LogP contribution in [0.4, 0.5) is 0 Å². The molecule has 0 aromatic heterocycles. The maximum Gasteiger partial charge on any atom is 0.335 e. The third-order valence-electron chi connectivity index (χ3n) is 19.3. The summed E-state index contributed by atoms with van der Waals surface area (Å²) >= 11 is 0. The van der Waals surface area contributed by atoms with Crippen molar-refractivity contribution in [1.82, 2.24) is 0 Å². The summed E-state index contributed by atoms with van der Waals surface area (Å²) in [5.74, 6) is -1.17. The smallest absolute Gasteiger partial charge is 0.335 e. The average molecular weight is 911 g/mol. The molecule has 0 radical (unpaired) electrons. The number of aliphatic carboxylic acids is 2. The van der Waals surface area contributed by atoms with Gasteiger partial charge in [0.05, 0.1) is 24.2 Å². The summed E-state index contributed by atoms with van der Waals surface area (Å²) in [4.78, 5) is 25.5. The molecule has 5 saturated carbocycles. The summed E-state index contributed by atoms with van der Waals surface area (Å²) < 4.78 is 36.2. The topological polar surface area (TPSA) is 272 Å². The van der Waals surface area contributed by atoms with Crippen molar-refractivity contribution in [2.75, 3.05) is 6.61 Å². The minimum Gasteiger partial charge on any atom is -0.481 e. The molecule has 8 aliphatic rings. The monoisotopic (exact) mass is 910 g/mol. The third-order valence-corrected chi connectivity index (χ3v) is 19.3. The van der Waals surface area contributed by atoms with Gasteiger partial charge in [-0.2, -0.15) is 0 Å². The first-order valence-electron chi connectivity index (χ1n) is 23.6. The Balaban J connectivity index is 1.04. The number of carboxylic acids is 2. The Morgan fingerprint density at radius 2 is 1.31 bits per heavy atom. The molecule has 64 heavy (non-hydrogen) atoms. The van der Waals surface area contributed by atoms with Crippen molar-refractivity contribution in [3.8, 4) is 0 Å². The highest BCUT2D eigenvalue weighted by atomic mass is 16.8. The Bertz CT molecular complexity index is 1780. The van der Waals surface area contributed by atoms with E-state index in [9.17, 15) is 55.5 Å². The van der Waals surface area contributed by atoms with Crippen molar-refractivity contribution in [1.29, 1.82) is 0 Å². The van der Waals surface area contributed by atoms with Crippen LogP contribution in [0.15, 0.2) is 12.2 Å². The van der Waals surface area contributed by atoms with E-state index in [2.05, 4.69) is 48.1 Å². The van der Waals surface area contributed by atoms with Crippen molar-refractivity contribution in [2.45, 2.75) is 205 Å². The predicted molar refractivity (Wildman–Crippen MR) is 224 cm³/mol. The number of hydrogen-bond donors (Lipinski definition) is 9. The van der Waals surface area contributed by atoms with Crippen LogP contribution in [0.2, 0.25) is 0 Å². The SMILES string of the molecule is C=C(C)C1CC[C@]2(C(=O)O)CC[C@]3(C)C(CC[C@@H]4[C@@]5(C)CC[C@H](O[C@@H]6O[C@H](C(=O)O)[C@@H](O)[C@H](O)[C@H]6O[C@@H]6OC[C@@H](O)[C@H](O)[C@H]6O[C@@H]6O[C@@H](C)[C@H](O)[C@@H](O)[C@H]6O)C(C)(C)C5CC[C@]43C)C12. The minimum atomic E-state index is -1.98. The van der Waals surface area contributed by atoms with E-state index in [1.54, 1.807) is 0 Å². The summed E-state index contributed by atoms with van der Waals surface area (Å²) in [5, 5.41) is 96.5. The summed E-state index contributed by atoms with van der Waals surface area (Å²) in [6.45, 7) is 19.1. The van der Waals surface area contributed by atoms with Gasteiger partial charge < -0.3 is 74.4 Å². The van der Waals surface area contributed by atoms with Crippen LogP contribution in [-0.4, -0.2) is 157 Å². The lowest BCUT2D eigenvalue weighted by Gasteiger charge is -2.73. The number of rotatable bonds is 9. The van der Waals surface area contributed by atoms with Crippen LogP contribution in [0, 0.1) is 56.7 Å². The number of allylic oxidation sites excluding steroid dienone is 1. The lowest BCUT2D eigenvalue weighted by molar-refractivity contribution is -0.386. The van der Waals surface area contributed by atoms with Gasteiger partial charge in [0.15, 0.2) is 25.0 Å². The summed E-state index contributed by atoms with van der Waals surface area (Å²) in [5.41, 5.74) is -0.386. The predicted octanol–water partition coefficient (Wildman–Crippen LogP) is 2.32. The zero-order chi connectivity index (χ0) is 46.8. The number of aliphatic hydroxyl groups is 7. The van der Waals surface area contributed by atoms with Gasteiger partial charge in [-0.3, -0.25) is 4.79 Å². The summed E-state index contributed by atoms with van der Waals surface area (Å²) in [6, 6.07) is 0. The van der Waals surface area contributed by atoms with E-state index in [1.165, 1.54) is 6.92 Å². The molecule has 0 amide bonds. The zero-order valence-electron chi connectivity index (χ0n) is 38.3. The van der Waals surface area contributed by atoms with Crippen molar-refractivity contribution >= 4 is 11.9 Å². The molecule has 0 aromatic carbocycles. The Hall–Kier alpha value is -1.84. The quantitative estimate of drug-likeness (QED) is 0.119. The second-order valence-electron chi connectivity index (χ2n) is 22.5. The molecule has 17 nitrogen and oxygen atoms in total. The van der Waals surface area contributed by atoms with E-state index in [4.69, 9.17) is 28.4 Å². The molecule has 17 heteroatoms. The lowest BCUT2D eigenvalue weighted by atomic mass is 9.32. The standard InChI is InChI=1S/C47H74O17/c1-20(2)22-11-16-47(42(57)58)18-17-45(7)23(28(22)47)9-10-26-44(6)14-13-27(43(4,5)25(44)12-15-46(26,45)8)61-41-37(33(53)32(52)35(62-41)38(55)56)64-40-36(30(50)24(48)19-59-40)63-39-34(54)31(51)29(49)21(3)60-39/h21-37,39-41,48-54H,1,9-19H2,2-8H3,(H,55,56)(H,57,58)/t21-,22?,23?,24+,25?,26+,27-,28?,29-,30-,31+,32-,33-,34+,35-,36+,37+,39-,40-,41+,44-,45+,46+,47-/m0/s1. The molecule has 0 spiro atoms. The van der Waals surface area contributed by atoms with Crippen LogP contribution >= 0.6 is 0 Å². The average Bonchev–Trinajstić information content (AvgIpc) is 3.64. The van der Waals surface area contributed by atoms with Crippen molar-refractivity contribution < 1.29 is 84.0 Å². The van der Waals surface area contributed by atoms with Crippen LogP contribution in [0.3, 0.4) is 0 Å². The van der Waals surface area contributed by atoms with Crippen LogP contribution in [0.1, 0.15) is 113 Å². The first-order valence-corrected chi connectivity index (χ1v) is 23.6. The minimum absolute atomic E-state index is 0.0520. The molecule has 3 aliphatic heterocycles. The van der Waals surface area contributed by atoms with Crippen molar-refractivity contribution in [3.05, 3.63) is 12.2 Å². The Morgan fingerprint density at radius 1 is 0.641 bits per heavy atom. The second kappa shape index (κ2) is 17.0. The molecular weight excluding hydrogens is 836 g/mol. The van der Waals surface area contributed by atoms with E-state index < -0.39 is 121 Å². The van der Waals surface area contributed by atoms with Gasteiger partial charge in [0.2, 0.25) is 0 Å². The van der Waals surface area contributed by atoms with E-state index in [0.29, 0.717) is 25.2 Å². The first-order chi connectivity index (χ1) is 29.9. The molecule has 5 aliphatic carbocycles. The van der Waals surface area contributed by atoms with Gasteiger partial charge >= 0.3 is 11.9 Å². The first kappa shape index (κ1) is 48.6. The lowest BCUT2D eigenvalue weighted by Crippen LogP contribution is -2.68. The van der Waals surface area contributed by atoms with Crippen LogP contribution in [-0.2, 0) is 38.0 Å². The van der Waals surface area contributed by atoms with Crippen LogP contribution < -0.4 is 0 Å². The van der Waals surface area contributed by atoms with E-state index >= 15 is 0 Å². The fourth-order valence-electron chi connectivity index (χ4n) is 15.7. The van der Waals surface area contributed by atoms with Crippen LogP contribution in [0.5, 0.6) is 0 Å². The number of hydrogen-bond acceptors (Lipinski definition) is 15. The van der Waals surface area contributed by atoms with Gasteiger partial charge in [0.1, 0.15) is 54.9 Å². The Labute approximate surface area is 375 Å². The third kappa shape index (κ3) is 7.27. The number of aliphatic hydroxyl groups excluding tert-OH is 7. The fourth-order valence-corrected chi connectivity index (χ4v) is 15.7. The molecule has 8 rings (SSSR count). The zero-order valence-corrected chi connectivity index (χ0v) is 38.3. The maximum atomic E-state index is 13.1. The molecule has 8 fully saturated rings. The van der Waals surface area contributed by atoms with Gasteiger partial charge in [0, 0.05) is 0 Å². The highest BCUT2D eigenvalue weighted by molar-refractivity contribution is 5.76. The van der Waals surface area contributed by atoms with Crippen molar-refractivity contribution in [2.24, 2.45) is 56.7 Å². The van der Waals surface area contributed by atoms with Gasteiger partial charge in [0.25, 0.3) is 0 Å². The van der Waals surface area contributed by atoms with E-state index in [0.717, 1.165) is 50.5 Å². The molecule has 3 saturated heterocycles. The molecule has 9 N–H and O–H groups in total. The largest absolute Gasteiger partial charge is 0.481 e. The Kier molecular flexibility index (Phi) is 12.9. The number of carboxylic acid groups (broad SMARTS) is 2. The molecule has 4 unspecified atom stereocenters. The van der Waals surface area contributed by atoms with Gasteiger partial charge in [-0.15, -0.1) is 0 Å². The highest BCUT2D eigenvalue weighted by Gasteiger charge is 2.72. The summed E-state index contributed by atoms with van der Waals surface area (Å²) in [6.07, 6.45) is -15.3. The van der Waals surface area contributed by atoms with Crippen LogP contribution in [0.25, 0.3) is 0 Å². The number of carbonyl (C=O) groups is 2. The molecule has 0 aromatic rings. The molecular formula is C47H74O17. The molecule has 24 atom stereocenters. The number of fused-ring (bicyclic) bond motifs is 7. The number of ether oxygens (including phenoxy) is 6. The van der Waals surface area contributed by atoms with Gasteiger partial charge in [-0.1, -0.05) is 46.8 Å². The van der Waals surface area contributed by atoms with Gasteiger partial charge in [-0.25, -0.2) is 4.79 Å². The normalized spacial score (nSPS) is 54.7. The van der Waals surface area contributed by atoms with Crippen molar-refractivity contribution in [3.63, 3.8) is 0 Å². The van der Waals surface area contributed by atoms with Gasteiger partial charge in [-0.05, 0) is 129 Å². The molecule has 364 valence electrons. The summed E-state index contributed by atoms with van der Waals surface area (Å²) in [7, 11) is 0. The van der Waals surface area contributed by atoms with E-state index in [-0.39, 0.29) is 39.9 Å². The second-order valence-corrected chi connectivity index (χ2v) is 22.5. The van der Waals surface area contributed by atoms with E-state index in [1.807, 2.05) is 0 Å². The maximum absolute atomic E-state index is 13.1. The molecule has 3 heterocycles. The molecule has 0 bridgehead atoms. The highest BCUT2D eigenvalue weighted by Crippen LogP contribution is 2.77. The Morgan fingerprint density at radius 3 is 1.97 bits per heavy atom.